The molecule has 1 aliphatic rings. The van der Waals surface area contributed by atoms with Crippen LogP contribution in [0.4, 0.5) is 0 Å². The topological polar surface area (TPSA) is 115 Å². The van der Waals surface area contributed by atoms with Gasteiger partial charge in [-0.25, -0.2) is 13.2 Å². The van der Waals surface area contributed by atoms with Crippen LogP contribution in [-0.4, -0.2) is 56.6 Å². The van der Waals surface area contributed by atoms with Gasteiger partial charge in [-0.1, -0.05) is 12.1 Å². The molecule has 1 fully saturated rings. The lowest BCUT2D eigenvalue weighted by Gasteiger charge is -2.26. The molecule has 0 amide bonds. The molecular formula is C22H22N2O7S. The van der Waals surface area contributed by atoms with Crippen LogP contribution < -0.4 is 15.0 Å². The third kappa shape index (κ3) is 4.38. The summed E-state index contributed by atoms with van der Waals surface area (Å²) in [6.07, 6.45) is 0. The van der Waals surface area contributed by atoms with Gasteiger partial charge in [0.2, 0.25) is 15.6 Å². The molecule has 4 rings (SSSR count). The molecule has 0 saturated carbocycles. The lowest BCUT2D eigenvalue weighted by molar-refractivity contribution is 0.0730. The highest BCUT2D eigenvalue weighted by molar-refractivity contribution is 7.89. The van der Waals surface area contributed by atoms with Crippen molar-refractivity contribution in [3.8, 4) is 11.5 Å². The zero-order chi connectivity index (χ0) is 22.7. The minimum atomic E-state index is -3.79. The Bertz CT molecular complexity index is 1310. The lowest BCUT2D eigenvalue weighted by Crippen LogP contribution is -2.40. The molecule has 0 aliphatic carbocycles. The van der Waals surface area contributed by atoms with Crippen molar-refractivity contribution in [3.05, 3.63) is 64.4 Å². The van der Waals surface area contributed by atoms with Gasteiger partial charge in [0.15, 0.2) is 11.5 Å². The number of fused-ring (bicyclic) bond motifs is 1. The zero-order valence-corrected chi connectivity index (χ0v) is 18.2. The number of pyridine rings is 1. The Morgan fingerprint density at radius 2 is 1.81 bits per heavy atom. The molecular weight excluding hydrogens is 436 g/mol. The van der Waals surface area contributed by atoms with Crippen molar-refractivity contribution in [2.75, 3.05) is 32.9 Å². The Morgan fingerprint density at radius 1 is 1.09 bits per heavy atom. The van der Waals surface area contributed by atoms with Crippen molar-refractivity contribution in [2.24, 2.45) is 0 Å². The van der Waals surface area contributed by atoms with Crippen LogP contribution in [0.1, 0.15) is 17.3 Å². The minimum absolute atomic E-state index is 0.0164. The van der Waals surface area contributed by atoms with Crippen LogP contribution in [-0.2, 0) is 14.8 Å². The lowest BCUT2D eigenvalue weighted by atomic mass is 10.1. The number of sulfonamides is 1. The Balaban J connectivity index is 1.75. The summed E-state index contributed by atoms with van der Waals surface area (Å²) < 4.78 is 43.6. The molecule has 0 spiro atoms. The maximum absolute atomic E-state index is 13.1. The molecule has 32 heavy (non-hydrogen) atoms. The Kier molecular flexibility index (Phi) is 6.26. The molecule has 10 heteroatoms. The second-order valence-electron chi connectivity index (χ2n) is 7.04. The second kappa shape index (κ2) is 9.11. The van der Waals surface area contributed by atoms with E-state index in [1.165, 1.54) is 22.5 Å². The number of benzene rings is 2. The fourth-order valence-electron chi connectivity index (χ4n) is 3.46. The first-order valence-electron chi connectivity index (χ1n) is 10.1. The van der Waals surface area contributed by atoms with E-state index in [-0.39, 0.29) is 34.7 Å². The molecule has 1 saturated heterocycles. The van der Waals surface area contributed by atoms with E-state index in [4.69, 9.17) is 14.2 Å². The molecule has 1 aliphatic heterocycles. The number of ether oxygens (including phenoxy) is 3. The van der Waals surface area contributed by atoms with Gasteiger partial charge in [0.1, 0.15) is 0 Å². The van der Waals surface area contributed by atoms with Gasteiger partial charge in [-0.05, 0) is 37.3 Å². The van der Waals surface area contributed by atoms with E-state index in [2.05, 4.69) is 4.98 Å². The van der Waals surface area contributed by atoms with E-state index in [0.717, 1.165) is 6.07 Å². The van der Waals surface area contributed by atoms with Gasteiger partial charge in [-0.15, -0.1) is 0 Å². The highest BCUT2D eigenvalue weighted by Gasteiger charge is 2.27. The number of H-pyrrole nitrogens is 1. The molecule has 0 bridgehead atoms. The van der Waals surface area contributed by atoms with Gasteiger partial charge in [0, 0.05) is 30.1 Å². The summed E-state index contributed by atoms with van der Waals surface area (Å²) >= 11 is 0. The molecule has 9 nitrogen and oxygen atoms in total. The highest BCUT2D eigenvalue weighted by Crippen LogP contribution is 2.29. The average Bonchev–Trinajstić information content (AvgIpc) is 2.80. The van der Waals surface area contributed by atoms with Crippen LogP contribution in [0.5, 0.6) is 11.5 Å². The summed E-state index contributed by atoms with van der Waals surface area (Å²) in [5.41, 5.74) is -0.233. The molecule has 2 heterocycles. The Hall–Kier alpha value is -3.21. The van der Waals surface area contributed by atoms with E-state index >= 15 is 0 Å². The first-order chi connectivity index (χ1) is 15.4. The maximum atomic E-state index is 13.1. The van der Waals surface area contributed by atoms with Crippen LogP contribution in [0.3, 0.4) is 0 Å². The predicted octanol–water partition coefficient (Wildman–Crippen LogP) is 2.17. The second-order valence-corrected chi connectivity index (χ2v) is 8.98. The molecule has 0 atom stereocenters. The minimum Gasteiger partial charge on any atom is -0.490 e. The molecule has 0 unspecified atom stereocenters. The summed E-state index contributed by atoms with van der Waals surface area (Å²) in [7, 11) is -3.79. The summed E-state index contributed by atoms with van der Waals surface area (Å²) in [5.74, 6) is -0.216. The standard InChI is InChI=1S/C22H22N2O7S/c1-2-30-19-5-3-4-6-20(19)31-22(26)17-14-21(25)23-18-8-7-15(13-16(17)18)32(27,28)24-9-11-29-12-10-24/h3-8,13-14H,2,9-12H2,1H3,(H,23,25). The maximum Gasteiger partial charge on any atom is 0.344 e. The van der Waals surface area contributed by atoms with Gasteiger partial charge in [0.05, 0.1) is 30.3 Å². The van der Waals surface area contributed by atoms with E-state index in [1.807, 2.05) is 0 Å². The Labute approximate surface area is 184 Å². The molecule has 1 aromatic heterocycles. The van der Waals surface area contributed by atoms with Crippen LogP contribution >= 0.6 is 0 Å². The number of aromatic amines is 1. The number of para-hydroxylation sites is 2. The average molecular weight is 458 g/mol. The summed E-state index contributed by atoms with van der Waals surface area (Å²) in [4.78, 5) is 27.8. The number of nitrogens with one attached hydrogen (secondary N) is 1. The van der Waals surface area contributed by atoms with Crippen molar-refractivity contribution in [2.45, 2.75) is 11.8 Å². The van der Waals surface area contributed by atoms with Crippen LogP contribution in [0.25, 0.3) is 10.9 Å². The number of hydrogen-bond acceptors (Lipinski definition) is 7. The zero-order valence-electron chi connectivity index (χ0n) is 17.4. The van der Waals surface area contributed by atoms with Gasteiger partial charge in [-0.3, -0.25) is 4.79 Å². The molecule has 2 aromatic carbocycles. The largest absolute Gasteiger partial charge is 0.490 e. The van der Waals surface area contributed by atoms with E-state index in [0.29, 0.717) is 31.1 Å². The first kappa shape index (κ1) is 22.0. The van der Waals surface area contributed by atoms with Gasteiger partial charge >= 0.3 is 5.97 Å². The molecule has 0 radical (unpaired) electrons. The SMILES string of the molecule is CCOc1ccccc1OC(=O)c1cc(=O)[nH]c2ccc(S(=O)(=O)N3CCOCC3)cc12. The van der Waals surface area contributed by atoms with E-state index in [9.17, 15) is 18.0 Å². The fourth-order valence-corrected chi connectivity index (χ4v) is 4.90. The van der Waals surface area contributed by atoms with Crippen molar-refractivity contribution >= 4 is 26.9 Å². The van der Waals surface area contributed by atoms with Crippen LogP contribution in [0, 0.1) is 0 Å². The van der Waals surface area contributed by atoms with E-state index in [1.54, 1.807) is 31.2 Å². The van der Waals surface area contributed by atoms with Crippen molar-refractivity contribution in [1.82, 2.24) is 9.29 Å². The molecule has 3 aromatic rings. The summed E-state index contributed by atoms with van der Waals surface area (Å²) in [6, 6.07) is 12.0. The van der Waals surface area contributed by atoms with Crippen molar-refractivity contribution in [3.63, 3.8) is 0 Å². The number of nitrogens with zero attached hydrogens (tertiary/aromatic N) is 1. The van der Waals surface area contributed by atoms with Gasteiger partial charge in [-0.2, -0.15) is 4.31 Å². The van der Waals surface area contributed by atoms with Gasteiger partial charge in [0.25, 0.3) is 0 Å². The van der Waals surface area contributed by atoms with Crippen molar-refractivity contribution < 1.29 is 27.4 Å². The van der Waals surface area contributed by atoms with Crippen molar-refractivity contribution in [1.29, 1.82) is 0 Å². The normalized spacial score (nSPS) is 14.9. The highest BCUT2D eigenvalue weighted by atomic mass is 32.2. The summed E-state index contributed by atoms with van der Waals surface area (Å²) in [6.45, 7) is 3.31. The van der Waals surface area contributed by atoms with Crippen LogP contribution in [0.15, 0.2) is 58.2 Å². The number of aromatic nitrogens is 1. The first-order valence-corrected chi connectivity index (χ1v) is 11.5. The number of esters is 1. The smallest absolute Gasteiger partial charge is 0.344 e. The molecule has 168 valence electrons. The van der Waals surface area contributed by atoms with E-state index < -0.39 is 21.6 Å². The number of morpholine rings is 1. The van der Waals surface area contributed by atoms with Crippen LogP contribution in [0.2, 0.25) is 0 Å². The Morgan fingerprint density at radius 3 is 2.53 bits per heavy atom. The monoisotopic (exact) mass is 458 g/mol. The summed E-state index contributed by atoms with van der Waals surface area (Å²) in [5, 5.41) is 0.262. The fraction of sp³-hybridized carbons (Fsp3) is 0.273. The third-order valence-electron chi connectivity index (χ3n) is 4.99. The third-order valence-corrected chi connectivity index (χ3v) is 6.89. The number of carbonyl (C=O) groups excluding carboxylic acids is 1. The quantitative estimate of drug-likeness (QED) is 0.445. The number of rotatable bonds is 6. The number of hydrogen-bond donors (Lipinski definition) is 1. The number of carbonyl (C=O) groups is 1. The molecule has 1 N–H and O–H groups in total. The van der Waals surface area contributed by atoms with Gasteiger partial charge < -0.3 is 19.2 Å². The predicted molar refractivity (Wildman–Crippen MR) is 117 cm³/mol.